The van der Waals surface area contributed by atoms with E-state index in [1.807, 2.05) is 33.8 Å². The minimum absolute atomic E-state index is 0. The Labute approximate surface area is 191 Å². The lowest BCUT2D eigenvalue weighted by Gasteiger charge is -2.25. The monoisotopic (exact) mass is 518 g/mol. The van der Waals surface area contributed by atoms with Crippen molar-refractivity contribution in [1.82, 2.24) is 16.0 Å². The van der Waals surface area contributed by atoms with Crippen LogP contribution in [-0.4, -0.2) is 44.7 Å². The molecule has 0 saturated carbocycles. The highest BCUT2D eigenvalue weighted by Gasteiger charge is 2.27. The molecule has 7 nitrogen and oxygen atoms in total. The molecule has 0 aliphatic carbocycles. The minimum Gasteiger partial charge on any atom is -0.494 e. The van der Waals surface area contributed by atoms with Crippen LogP contribution in [0.1, 0.15) is 45.7 Å². The molecular formula is C21H35IN4O3. The number of ether oxygens (including phenoxy) is 2. The molecule has 0 spiro atoms. The Morgan fingerprint density at radius 1 is 1.28 bits per heavy atom. The van der Waals surface area contributed by atoms with Crippen molar-refractivity contribution in [2.75, 3.05) is 26.7 Å². The molecule has 1 aliphatic rings. The summed E-state index contributed by atoms with van der Waals surface area (Å²) in [5.74, 6) is 2.44. The fourth-order valence-electron chi connectivity index (χ4n) is 3.09. The molecule has 1 amide bonds. The molecule has 3 N–H and O–H groups in total. The first-order chi connectivity index (χ1) is 13.3. The molecule has 1 atom stereocenters. The molecule has 1 aromatic rings. The second kappa shape index (κ2) is 11.5. The Hall–Kier alpha value is -1.71. The number of nitrogens with zero attached hydrogens (tertiary/aromatic N) is 1. The van der Waals surface area contributed by atoms with Gasteiger partial charge in [-0.1, -0.05) is 0 Å². The van der Waals surface area contributed by atoms with Gasteiger partial charge in [0.1, 0.15) is 17.6 Å². The number of hydrogen-bond acceptors (Lipinski definition) is 4. The molecule has 0 radical (unpaired) electrons. The lowest BCUT2D eigenvalue weighted by atomic mass is 9.92. The summed E-state index contributed by atoms with van der Waals surface area (Å²) in [5.41, 5.74) is 1.66. The van der Waals surface area contributed by atoms with Gasteiger partial charge in [0.15, 0.2) is 5.96 Å². The average Bonchev–Trinajstić information content (AvgIpc) is 3.01. The van der Waals surface area contributed by atoms with E-state index in [-0.39, 0.29) is 36.0 Å². The summed E-state index contributed by atoms with van der Waals surface area (Å²) in [5, 5.41) is 9.40. The topological polar surface area (TPSA) is 84.0 Å². The number of fused-ring (bicyclic) bond motifs is 1. The Bertz CT molecular complexity index is 722. The predicted molar refractivity (Wildman–Crippen MR) is 127 cm³/mol. The van der Waals surface area contributed by atoms with E-state index in [9.17, 15) is 4.79 Å². The summed E-state index contributed by atoms with van der Waals surface area (Å²) in [7, 11) is 1.71. The molecular weight excluding hydrogens is 483 g/mol. The molecule has 8 heteroatoms. The number of carbonyl (C=O) groups is 1. The van der Waals surface area contributed by atoms with Crippen molar-refractivity contribution < 1.29 is 14.3 Å². The molecule has 1 aromatic carbocycles. The van der Waals surface area contributed by atoms with Crippen LogP contribution in [-0.2, 0) is 17.8 Å². The molecule has 1 heterocycles. The van der Waals surface area contributed by atoms with Gasteiger partial charge < -0.3 is 25.4 Å². The highest BCUT2D eigenvalue weighted by atomic mass is 127. The smallest absolute Gasteiger partial charge is 0.227 e. The van der Waals surface area contributed by atoms with Crippen LogP contribution in [0.3, 0.4) is 0 Å². The molecule has 0 fully saturated rings. The van der Waals surface area contributed by atoms with E-state index in [1.54, 1.807) is 7.05 Å². The molecule has 1 aliphatic heterocycles. The van der Waals surface area contributed by atoms with Crippen molar-refractivity contribution in [3.8, 4) is 11.5 Å². The van der Waals surface area contributed by atoms with E-state index in [0.717, 1.165) is 23.5 Å². The van der Waals surface area contributed by atoms with Crippen LogP contribution < -0.4 is 25.4 Å². The zero-order valence-electron chi connectivity index (χ0n) is 18.3. The van der Waals surface area contributed by atoms with Crippen LogP contribution in [0.5, 0.6) is 11.5 Å². The SMILES string of the molecule is CCNC(=O)C(C)(C)CNC(=NC)NCc1cc2c(cc1OCC)CC(C)O2.I. The molecule has 164 valence electrons. The maximum Gasteiger partial charge on any atom is 0.227 e. The zero-order chi connectivity index (χ0) is 20.7. The van der Waals surface area contributed by atoms with Crippen LogP contribution in [0.15, 0.2) is 17.1 Å². The van der Waals surface area contributed by atoms with E-state index in [0.29, 0.717) is 32.2 Å². The van der Waals surface area contributed by atoms with E-state index in [4.69, 9.17) is 9.47 Å². The van der Waals surface area contributed by atoms with Gasteiger partial charge >= 0.3 is 0 Å². The van der Waals surface area contributed by atoms with Crippen LogP contribution >= 0.6 is 24.0 Å². The van der Waals surface area contributed by atoms with E-state index in [2.05, 4.69) is 33.9 Å². The summed E-state index contributed by atoms with van der Waals surface area (Å²) >= 11 is 0. The Balaban J connectivity index is 0.00000420. The summed E-state index contributed by atoms with van der Waals surface area (Å²) in [6.45, 7) is 12.0. The third kappa shape index (κ3) is 6.94. The first-order valence-electron chi connectivity index (χ1n) is 9.98. The third-order valence-electron chi connectivity index (χ3n) is 4.70. The van der Waals surface area contributed by atoms with E-state index < -0.39 is 5.41 Å². The lowest BCUT2D eigenvalue weighted by molar-refractivity contribution is -0.128. The Morgan fingerprint density at radius 2 is 2.00 bits per heavy atom. The zero-order valence-corrected chi connectivity index (χ0v) is 20.7. The molecule has 0 bridgehead atoms. The largest absolute Gasteiger partial charge is 0.494 e. The number of guanidine groups is 1. The summed E-state index contributed by atoms with van der Waals surface area (Å²) in [6.07, 6.45) is 1.10. The highest BCUT2D eigenvalue weighted by Crippen LogP contribution is 2.35. The maximum atomic E-state index is 12.2. The van der Waals surface area contributed by atoms with Crippen LogP contribution in [0.4, 0.5) is 0 Å². The van der Waals surface area contributed by atoms with Gasteiger partial charge in [-0.25, -0.2) is 0 Å². The number of amides is 1. The predicted octanol–water partition coefficient (Wildman–Crippen LogP) is 2.85. The van der Waals surface area contributed by atoms with E-state index >= 15 is 0 Å². The van der Waals surface area contributed by atoms with Gasteiger partial charge in [-0.05, 0) is 46.8 Å². The summed E-state index contributed by atoms with van der Waals surface area (Å²) < 4.78 is 11.7. The van der Waals surface area contributed by atoms with Crippen molar-refractivity contribution in [1.29, 1.82) is 0 Å². The number of hydrogen-bond donors (Lipinski definition) is 3. The second-order valence-electron chi connectivity index (χ2n) is 7.66. The fourth-order valence-corrected chi connectivity index (χ4v) is 3.09. The van der Waals surface area contributed by atoms with Gasteiger partial charge in [-0.3, -0.25) is 9.79 Å². The van der Waals surface area contributed by atoms with Crippen LogP contribution in [0, 0.1) is 5.41 Å². The Morgan fingerprint density at radius 3 is 2.62 bits per heavy atom. The lowest BCUT2D eigenvalue weighted by Crippen LogP contribution is -2.47. The summed E-state index contributed by atoms with van der Waals surface area (Å²) in [4.78, 5) is 16.4. The average molecular weight is 518 g/mol. The first-order valence-corrected chi connectivity index (χ1v) is 9.98. The van der Waals surface area contributed by atoms with Crippen molar-refractivity contribution in [3.63, 3.8) is 0 Å². The standard InChI is InChI=1S/C21H34N4O3.HI/c1-7-23-19(26)21(4,5)13-25-20(22-6)24-12-16-11-18-15(9-14(3)28-18)10-17(16)27-8-2;/h10-11,14H,7-9,12-13H2,1-6H3,(H,23,26)(H2,22,24,25);1H. The fraction of sp³-hybridized carbons (Fsp3) is 0.619. The van der Waals surface area contributed by atoms with Gasteiger partial charge in [0.05, 0.1) is 12.0 Å². The van der Waals surface area contributed by atoms with Gasteiger partial charge in [-0.2, -0.15) is 0 Å². The minimum atomic E-state index is -0.540. The van der Waals surface area contributed by atoms with Crippen LogP contribution in [0.2, 0.25) is 0 Å². The van der Waals surface area contributed by atoms with Gasteiger partial charge in [0, 0.05) is 44.2 Å². The number of nitrogens with one attached hydrogen (secondary N) is 3. The molecule has 29 heavy (non-hydrogen) atoms. The van der Waals surface area contributed by atoms with Gasteiger partial charge in [-0.15, -0.1) is 24.0 Å². The highest BCUT2D eigenvalue weighted by molar-refractivity contribution is 14.0. The molecule has 2 rings (SSSR count). The van der Waals surface area contributed by atoms with E-state index in [1.165, 1.54) is 5.56 Å². The number of aliphatic imine (C=N–C) groups is 1. The molecule has 0 aromatic heterocycles. The quantitative estimate of drug-likeness (QED) is 0.280. The first kappa shape index (κ1) is 25.3. The van der Waals surface area contributed by atoms with Crippen molar-refractivity contribution >= 4 is 35.8 Å². The number of carbonyl (C=O) groups excluding carboxylic acids is 1. The van der Waals surface area contributed by atoms with Gasteiger partial charge in [0.2, 0.25) is 5.91 Å². The normalized spacial score (nSPS) is 15.7. The van der Waals surface area contributed by atoms with Gasteiger partial charge in [0.25, 0.3) is 0 Å². The molecule has 1 unspecified atom stereocenters. The van der Waals surface area contributed by atoms with Crippen molar-refractivity contribution in [2.45, 2.75) is 53.7 Å². The van der Waals surface area contributed by atoms with Crippen molar-refractivity contribution in [3.05, 3.63) is 23.3 Å². The van der Waals surface area contributed by atoms with Crippen molar-refractivity contribution in [2.24, 2.45) is 10.4 Å². The number of rotatable bonds is 8. The maximum absolute atomic E-state index is 12.2. The molecule has 0 saturated heterocycles. The van der Waals surface area contributed by atoms with Crippen LogP contribution in [0.25, 0.3) is 0 Å². The third-order valence-corrected chi connectivity index (χ3v) is 4.70. The number of halogens is 1. The second-order valence-corrected chi connectivity index (χ2v) is 7.66. The number of benzene rings is 1. The summed E-state index contributed by atoms with van der Waals surface area (Å²) in [6, 6.07) is 4.12. The Kier molecular flexibility index (Phi) is 10.0.